The van der Waals surface area contributed by atoms with Gasteiger partial charge in [-0.25, -0.2) is 0 Å². The van der Waals surface area contributed by atoms with Crippen molar-refractivity contribution < 1.29 is 9.59 Å². The number of benzene rings is 2. The van der Waals surface area contributed by atoms with Gasteiger partial charge in [-0.3, -0.25) is 9.59 Å². The van der Waals surface area contributed by atoms with Crippen LogP contribution in [0, 0.1) is 0 Å². The molecule has 0 heterocycles. The minimum atomic E-state index is -0.0979. The standard InChI is InChI=1S/C26H36Cl2N4O2/c1-3-31(4-2)17-5-6-25(33)29-22-9-11-23(12-10-22)30-26(34)20-21-7-13-24(14-8-21)32(18-15-27)19-16-28/h7-14H,3-6,15-20H2,1-2H3,(H,29,33)(H,30,34). The van der Waals surface area contributed by atoms with E-state index in [9.17, 15) is 9.59 Å². The second-order valence-electron chi connectivity index (χ2n) is 8.01. The third kappa shape index (κ3) is 9.92. The van der Waals surface area contributed by atoms with Crippen LogP contribution in [-0.2, 0) is 16.0 Å². The molecule has 0 fully saturated rings. The number of amides is 2. The molecule has 0 aliphatic rings. The lowest BCUT2D eigenvalue weighted by Crippen LogP contribution is -2.27. The Labute approximate surface area is 213 Å². The predicted molar refractivity (Wildman–Crippen MR) is 145 cm³/mol. The van der Waals surface area contributed by atoms with Crippen LogP contribution in [0.3, 0.4) is 0 Å². The van der Waals surface area contributed by atoms with Crippen molar-refractivity contribution in [2.75, 3.05) is 60.0 Å². The molecule has 0 aliphatic carbocycles. The van der Waals surface area contributed by atoms with Gasteiger partial charge in [-0.1, -0.05) is 26.0 Å². The van der Waals surface area contributed by atoms with Gasteiger partial charge in [-0.2, -0.15) is 0 Å². The number of halogens is 2. The molecule has 2 aromatic carbocycles. The largest absolute Gasteiger partial charge is 0.369 e. The Balaban J connectivity index is 1.80. The van der Waals surface area contributed by atoms with Crippen molar-refractivity contribution >= 4 is 52.1 Å². The van der Waals surface area contributed by atoms with Crippen molar-refractivity contribution in [1.82, 2.24) is 4.90 Å². The second kappa shape index (κ2) is 15.6. The van der Waals surface area contributed by atoms with Gasteiger partial charge < -0.3 is 20.4 Å². The first-order valence-electron chi connectivity index (χ1n) is 11.9. The van der Waals surface area contributed by atoms with Crippen LogP contribution in [0.1, 0.15) is 32.3 Å². The van der Waals surface area contributed by atoms with Crippen molar-refractivity contribution in [2.45, 2.75) is 33.1 Å². The highest BCUT2D eigenvalue weighted by atomic mass is 35.5. The van der Waals surface area contributed by atoms with Crippen LogP contribution >= 0.6 is 23.2 Å². The molecule has 2 aromatic rings. The molecule has 0 aromatic heterocycles. The number of carbonyl (C=O) groups is 2. The summed E-state index contributed by atoms with van der Waals surface area (Å²) in [4.78, 5) is 29.0. The van der Waals surface area contributed by atoms with E-state index in [2.05, 4.69) is 34.3 Å². The van der Waals surface area contributed by atoms with Gasteiger partial charge in [0.15, 0.2) is 0 Å². The number of alkyl halides is 2. The van der Waals surface area contributed by atoms with Gasteiger partial charge in [0.1, 0.15) is 0 Å². The van der Waals surface area contributed by atoms with E-state index in [4.69, 9.17) is 23.2 Å². The van der Waals surface area contributed by atoms with Crippen LogP contribution in [-0.4, -0.2) is 61.2 Å². The molecule has 2 rings (SSSR count). The first-order chi connectivity index (χ1) is 16.5. The third-order valence-electron chi connectivity index (χ3n) is 5.60. The number of nitrogens with zero attached hydrogens (tertiary/aromatic N) is 2. The van der Waals surface area contributed by atoms with Crippen molar-refractivity contribution in [3.8, 4) is 0 Å². The van der Waals surface area contributed by atoms with E-state index < -0.39 is 0 Å². The maximum atomic E-state index is 12.5. The van der Waals surface area contributed by atoms with Crippen LogP contribution in [0.2, 0.25) is 0 Å². The van der Waals surface area contributed by atoms with Crippen LogP contribution in [0.25, 0.3) is 0 Å². The summed E-state index contributed by atoms with van der Waals surface area (Å²) in [7, 11) is 0. The lowest BCUT2D eigenvalue weighted by atomic mass is 10.1. The lowest BCUT2D eigenvalue weighted by molar-refractivity contribution is -0.116. The van der Waals surface area contributed by atoms with Crippen molar-refractivity contribution in [2.24, 2.45) is 0 Å². The Bertz CT molecular complexity index is 865. The molecule has 0 saturated heterocycles. The number of hydrogen-bond acceptors (Lipinski definition) is 4. The topological polar surface area (TPSA) is 64.7 Å². The summed E-state index contributed by atoms with van der Waals surface area (Å²) in [6.07, 6.45) is 1.60. The Morgan fingerprint density at radius 3 is 1.79 bits per heavy atom. The van der Waals surface area contributed by atoms with Crippen molar-refractivity contribution in [3.63, 3.8) is 0 Å². The molecule has 186 valence electrons. The average Bonchev–Trinajstić information content (AvgIpc) is 2.83. The minimum absolute atomic E-state index is 0.00282. The zero-order valence-corrected chi connectivity index (χ0v) is 21.7. The van der Waals surface area contributed by atoms with E-state index in [0.29, 0.717) is 23.9 Å². The fourth-order valence-corrected chi connectivity index (χ4v) is 4.06. The van der Waals surface area contributed by atoms with E-state index in [1.165, 1.54) is 0 Å². The Morgan fingerprint density at radius 1 is 0.765 bits per heavy atom. The summed E-state index contributed by atoms with van der Waals surface area (Å²) in [5.74, 6) is 0.961. The van der Waals surface area contributed by atoms with Crippen LogP contribution in [0.15, 0.2) is 48.5 Å². The smallest absolute Gasteiger partial charge is 0.228 e. The molecule has 0 unspecified atom stereocenters. The van der Waals surface area contributed by atoms with Gasteiger partial charge in [-0.15, -0.1) is 23.2 Å². The monoisotopic (exact) mass is 506 g/mol. The molecule has 2 N–H and O–H groups in total. The molecule has 0 bridgehead atoms. The summed E-state index contributed by atoms with van der Waals surface area (Å²) >= 11 is 11.7. The maximum Gasteiger partial charge on any atom is 0.228 e. The van der Waals surface area contributed by atoms with Gasteiger partial charge in [0, 0.05) is 48.3 Å². The summed E-state index contributed by atoms with van der Waals surface area (Å²) in [5.41, 5.74) is 3.37. The van der Waals surface area contributed by atoms with E-state index >= 15 is 0 Å². The lowest BCUT2D eigenvalue weighted by Gasteiger charge is -2.23. The molecule has 0 spiro atoms. The van der Waals surface area contributed by atoms with E-state index in [1.807, 2.05) is 24.3 Å². The highest BCUT2D eigenvalue weighted by Crippen LogP contribution is 2.18. The zero-order chi connectivity index (χ0) is 24.8. The molecule has 2 amide bonds. The minimum Gasteiger partial charge on any atom is -0.369 e. The molecule has 8 heteroatoms. The fraction of sp³-hybridized carbons (Fsp3) is 0.462. The molecule has 0 radical (unpaired) electrons. The first kappa shape index (κ1) is 28.0. The summed E-state index contributed by atoms with van der Waals surface area (Å²) in [5, 5.41) is 5.82. The summed E-state index contributed by atoms with van der Waals surface area (Å²) in [6.45, 7) is 8.62. The fourth-order valence-electron chi connectivity index (χ4n) is 3.65. The Hall–Kier alpha value is -2.28. The molecule has 0 atom stereocenters. The Morgan fingerprint density at radius 2 is 1.29 bits per heavy atom. The molecule has 34 heavy (non-hydrogen) atoms. The van der Waals surface area contributed by atoms with Crippen LogP contribution in [0.5, 0.6) is 0 Å². The number of hydrogen-bond donors (Lipinski definition) is 2. The normalized spacial score (nSPS) is 10.9. The number of anilines is 3. The van der Waals surface area contributed by atoms with Crippen LogP contribution in [0.4, 0.5) is 17.1 Å². The molecular formula is C26H36Cl2N4O2. The number of rotatable bonds is 15. The molecule has 0 aliphatic heterocycles. The summed E-state index contributed by atoms with van der Waals surface area (Å²) in [6, 6.07) is 15.1. The molecule has 0 saturated carbocycles. The van der Waals surface area contributed by atoms with E-state index in [0.717, 1.165) is 56.1 Å². The third-order valence-corrected chi connectivity index (χ3v) is 5.94. The Kier molecular flexibility index (Phi) is 12.8. The predicted octanol–water partition coefficient (Wildman–Crippen LogP) is 5.21. The van der Waals surface area contributed by atoms with Gasteiger partial charge in [0.2, 0.25) is 11.8 Å². The number of nitrogens with one attached hydrogen (secondary N) is 2. The van der Waals surface area contributed by atoms with E-state index in [-0.39, 0.29) is 18.2 Å². The first-order valence-corrected chi connectivity index (χ1v) is 12.9. The second-order valence-corrected chi connectivity index (χ2v) is 8.77. The SMILES string of the molecule is CCN(CC)CCCC(=O)Nc1ccc(NC(=O)Cc2ccc(N(CCCl)CCCl)cc2)cc1. The van der Waals surface area contributed by atoms with Crippen LogP contribution < -0.4 is 15.5 Å². The quantitative estimate of drug-likeness (QED) is 0.325. The zero-order valence-electron chi connectivity index (χ0n) is 20.2. The average molecular weight is 508 g/mol. The van der Waals surface area contributed by atoms with E-state index in [1.54, 1.807) is 24.3 Å². The molecular weight excluding hydrogens is 471 g/mol. The molecule has 6 nitrogen and oxygen atoms in total. The highest BCUT2D eigenvalue weighted by molar-refractivity contribution is 6.18. The summed E-state index contributed by atoms with van der Waals surface area (Å²) < 4.78 is 0. The van der Waals surface area contributed by atoms with Gasteiger partial charge >= 0.3 is 0 Å². The van der Waals surface area contributed by atoms with Crippen molar-refractivity contribution in [3.05, 3.63) is 54.1 Å². The van der Waals surface area contributed by atoms with Gasteiger partial charge in [-0.05, 0) is 68.0 Å². The van der Waals surface area contributed by atoms with Crippen molar-refractivity contribution in [1.29, 1.82) is 0 Å². The highest BCUT2D eigenvalue weighted by Gasteiger charge is 2.09. The maximum absolute atomic E-state index is 12.5. The van der Waals surface area contributed by atoms with Gasteiger partial charge in [0.05, 0.1) is 6.42 Å². The van der Waals surface area contributed by atoms with Gasteiger partial charge in [0.25, 0.3) is 0 Å². The number of carbonyl (C=O) groups excluding carboxylic acids is 2.